The Morgan fingerprint density at radius 2 is 1.93 bits per heavy atom. The van der Waals surface area contributed by atoms with Crippen LogP contribution in [-0.4, -0.2) is 29.1 Å². The lowest BCUT2D eigenvalue weighted by molar-refractivity contribution is -0.122. The molecule has 0 N–H and O–H groups in total. The first kappa shape index (κ1) is 20.5. The number of nitrogens with zero attached hydrogens (tertiary/aromatic N) is 2. The van der Waals surface area contributed by atoms with Gasteiger partial charge in [0.25, 0.3) is 5.91 Å². The van der Waals surface area contributed by atoms with Gasteiger partial charge in [0.05, 0.1) is 17.2 Å². The van der Waals surface area contributed by atoms with Crippen LogP contribution in [0.3, 0.4) is 0 Å². The molecule has 0 aromatic heterocycles. The Morgan fingerprint density at radius 1 is 1.18 bits per heavy atom. The summed E-state index contributed by atoms with van der Waals surface area (Å²) in [5, 5.41) is 1.30. The molecule has 0 saturated carbocycles. The summed E-state index contributed by atoms with van der Waals surface area (Å²) in [4.78, 5) is 20.0. The predicted molar refractivity (Wildman–Crippen MR) is 118 cm³/mol. The van der Waals surface area contributed by atoms with Crippen molar-refractivity contribution in [3.63, 3.8) is 0 Å². The average Bonchev–Trinajstić information content (AvgIpc) is 2.95. The maximum atomic E-state index is 13.0. The molecular formula is C22H23ClN2O2S. The Labute approximate surface area is 175 Å². The first-order valence-corrected chi connectivity index (χ1v) is 10.5. The van der Waals surface area contributed by atoms with Crippen molar-refractivity contribution < 1.29 is 9.53 Å². The highest BCUT2D eigenvalue weighted by atomic mass is 35.5. The van der Waals surface area contributed by atoms with E-state index >= 15 is 0 Å². The third-order valence-electron chi connectivity index (χ3n) is 4.15. The number of hydrogen-bond donors (Lipinski definition) is 0. The van der Waals surface area contributed by atoms with E-state index in [1.165, 1.54) is 17.3 Å². The van der Waals surface area contributed by atoms with E-state index in [-0.39, 0.29) is 5.91 Å². The van der Waals surface area contributed by atoms with Gasteiger partial charge in [-0.25, -0.2) is 4.99 Å². The van der Waals surface area contributed by atoms with Crippen LogP contribution in [-0.2, 0) is 4.79 Å². The minimum atomic E-state index is -0.0415. The molecule has 0 atom stereocenters. The number of rotatable bonds is 6. The van der Waals surface area contributed by atoms with Gasteiger partial charge in [0, 0.05) is 17.1 Å². The van der Waals surface area contributed by atoms with Crippen LogP contribution >= 0.6 is 23.4 Å². The summed E-state index contributed by atoms with van der Waals surface area (Å²) < 4.78 is 5.68. The zero-order chi connectivity index (χ0) is 20.1. The van der Waals surface area contributed by atoms with E-state index in [9.17, 15) is 4.79 Å². The van der Waals surface area contributed by atoms with E-state index in [1.807, 2.05) is 63.2 Å². The molecular weight excluding hydrogens is 392 g/mol. The van der Waals surface area contributed by atoms with E-state index in [0.717, 1.165) is 17.7 Å². The highest BCUT2D eigenvalue weighted by Crippen LogP contribution is 2.36. The molecule has 1 aliphatic rings. The number of carbonyl (C=O) groups is 1. The summed E-state index contributed by atoms with van der Waals surface area (Å²) in [6.45, 7) is 7.18. The molecule has 28 heavy (non-hydrogen) atoms. The summed E-state index contributed by atoms with van der Waals surface area (Å²) >= 11 is 7.54. The van der Waals surface area contributed by atoms with Crippen LogP contribution < -0.4 is 4.74 Å². The van der Waals surface area contributed by atoms with E-state index in [0.29, 0.717) is 34.0 Å². The highest BCUT2D eigenvalue weighted by Gasteiger charge is 2.33. The second-order valence-corrected chi connectivity index (χ2v) is 7.86. The fourth-order valence-corrected chi connectivity index (χ4v) is 4.00. The van der Waals surface area contributed by atoms with Crippen molar-refractivity contribution in [1.82, 2.24) is 4.90 Å². The predicted octanol–water partition coefficient (Wildman–Crippen LogP) is 6.06. The van der Waals surface area contributed by atoms with Crippen molar-refractivity contribution in [2.75, 3.05) is 13.2 Å². The maximum Gasteiger partial charge on any atom is 0.266 e. The lowest BCUT2D eigenvalue weighted by atomic mass is 10.2. The standard InChI is InChI=1S/C22H23ClN2O2S/c1-4-12-25-21(26)20(14-16-13-17(23)8-11-19(16)27-5-2)28-22(25)24-18-9-6-15(3)7-10-18/h6-11,13-14H,4-5,12H2,1-3H3/b20-14+,24-22?. The second kappa shape index (κ2) is 9.30. The monoisotopic (exact) mass is 414 g/mol. The molecule has 146 valence electrons. The Balaban J connectivity index is 1.97. The number of aryl methyl sites for hydroxylation is 1. The van der Waals surface area contributed by atoms with Crippen molar-refractivity contribution in [2.24, 2.45) is 4.99 Å². The third-order valence-corrected chi connectivity index (χ3v) is 5.39. The lowest BCUT2D eigenvalue weighted by Crippen LogP contribution is -2.29. The van der Waals surface area contributed by atoms with Crippen molar-refractivity contribution in [2.45, 2.75) is 27.2 Å². The van der Waals surface area contributed by atoms with Gasteiger partial charge in [0.1, 0.15) is 5.75 Å². The molecule has 1 aliphatic heterocycles. The number of hydrogen-bond acceptors (Lipinski definition) is 4. The van der Waals surface area contributed by atoms with Crippen LogP contribution in [0.2, 0.25) is 5.02 Å². The molecule has 0 bridgehead atoms. The van der Waals surface area contributed by atoms with E-state index in [4.69, 9.17) is 21.3 Å². The summed E-state index contributed by atoms with van der Waals surface area (Å²) in [5.74, 6) is 0.666. The second-order valence-electron chi connectivity index (χ2n) is 6.41. The number of carbonyl (C=O) groups excluding carboxylic acids is 1. The van der Waals surface area contributed by atoms with Gasteiger partial charge in [0.2, 0.25) is 0 Å². The van der Waals surface area contributed by atoms with E-state index in [2.05, 4.69) is 0 Å². The SMILES string of the molecule is CCCN1C(=O)/C(=C\c2cc(Cl)ccc2OCC)SC1=Nc1ccc(C)cc1. The van der Waals surface area contributed by atoms with Gasteiger partial charge in [-0.15, -0.1) is 0 Å². The smallest absolute Gasteiger partial charge is 0.266 e. The molecule has 3 rings (SSSR count). The molecule has 1 fully saturated rings. The van der Waals surface area contributed by atoms with Gasteiger partial charge in [-0.2, -0.15) is 0 Å². The molecule has 0 aliphatic carbocycles. The maximum absolute atomic E-state index is 13.0. The zero-order valence-electron chi connectivity index (χ0n) is 16.2. The number of thioether (sulfide) groups is 1. The number of ether oxygens (including phenoxy) is 1. The van der Waals surface area contributed by atoms with Gasteiger partial charge in [-0.05, 0) is 68.4 Å². The molecule has 0 radical (unpaired) electrons. The average molecular weight is 415 g/mol. The first-order chi connectivity index (χ1) is 13.5. The molecule has 4 nitrogen and oxygen atoms in total. The topological polar surface area (TPSA) is 41.9 Å². The van der Waals surface area contributed by atoms with Gasteiger partial charge in [-0.3, -0.25) is 9.69 Å². The zero-order valence-corrected chi connectivity index (χ0v) is 17.8. The van der Waals surface area contributed by atoms with Crippen LogP contribution in [0.25, 0.3) is 6.08 Å². The minimum absolute atomic E-state index is 0.0415. The Hall–Kier alpha value is -2.24. The number of aliphatic imine (C=N–C) groups is 1. The molecule has 1 saturated heterocycles. The van der Waals surface area contributed by atoms with Crippen LogP contribution in [0.1, 0.15) is 31.4 Å². The van der Waals surface area contributed by atoms with E-state index < -0.39 is 0 Å². The van der Waals surface area contributed by atoms with Crippen LogP contribution in [0.15, 0.2) is 52.4 Å². The van der Waals surface area contributed by atoms with Crippen molar-refractivity contribution in [3.8, 4) is 5.75 Å². The van der Waals surface area contributed by atoms with Crippen molar-refractivity contribution in [3.05, 3.63) is 63.5 Å². The lowest BCUT2D eigenvalue weighted by Gasteiger charge is -2.14. The van der Waals surface area contributed by atoms with Crippen LogP contribution in [0, 0.1) is 6.92 Å². The van der Waals surface area contributed by atoms with Crippen molar-refractivity contribution >= 4 is 46.2 Å². The van der Waals surface area contributed by atoms with E-state index in [1.54, 1.807) is 11.0 Å². The van der Waals surface area contributed by atoms with Gasteiger partial charge >= 0.3 is 0 Å². The Kier molecular flexibility index (Phi) is 6.81. The Morgan fingerprint density at radius 3 is 2.61 bits per heavy atom. The highest BCUT2D eigenvalue weighted by molar-refractivity contribution is 8.18. The van der Waals surface area contributed by atoms with Gasteiger partial charge in [-0.1, -0.05) is 36.2 Å². The molecule has 0 spiro atoms. The molecule has 6 heteroatoms. The number of halogens is 1. The minimum Gasteiger partial charge on any atom is -0.493 e. The summed E-state index contributed by atoms with van der Waals surface area (Å²) in [7, 11) is 0. The summed E-state index contributed by atoms with van der Waals surface area (Å²) in [5.41, 5.74) is 2.80. The summed E-state index contributed by atoms with van der Waals surface area (Å²) in [6, 6.07) is 13.4. The van der Waals surface area contributed by atoms with Crippen molar-refractivity contribution in [1.29, 1.82) is 0 Å². The van der Waals surface area contributed by atoms with Crippen LogP contribution in [0.5, 0.6) is 5.75 Å². The van der Waals surface area contributed by atoms with Gasteiger partial charge < -0.3 is 4.74 Å². The fraction of sp³-hybridized carbons (Fsp3) is 0.273. The molecule has 2 aromatic carbocycles. The molecule has 2 aromatic rings. The van der Waals surface area contributed by atoms with Crippen LogP contribution in [0.4, 0.5) is 5.69 Å². The molecule has 1 heterocycles. The third kappa shape index (κ3) is 4.78. The Bertz CT molecular complexity index is 923. The number of amides is 1. The normalized spacial score (nSPS) is 17.0. The number of benzene rings is 2. The molecule has 0 unspecified atom stereocenters. The van der Waals surface area contributed by atoms with Gasteiger partial charge in [0.15, 0.2) is 5.17 Å². The largest absolute Gasteiger partial charge is 0.493 e. The fourth-order valence-electron chi connectivity index (χ4n) is 2.80. The first-order valence-electron chi connectivity index (χ1n) is 9.31. The molecule has 1 amide bonds. The summed E-state index contributed by atoms with van der Waals surface area (Å²) in [6.07, 6.45) is 2.69. The number of amidine groups is 1. The quantitative estimate of drug-likeness (QED) is 0.539.